The van der Waals surface area contributed by atoms with Gasteiger partial charge in [-0.05, 0) is 30.7 Å². The molecule has 3 heteroatoms. The molecule has 0 atom stereocenters. The average Bonchev–Trinajstić information content (AvgIpc) is 2.52. The Balaban J connectivity index is 0.000000829. The van der Waals surface area contributed by atoms with Crippen LogP contribution in [0, 0.1) is 5.41 Å². The van der Waals surface area contributed by atoms with E-state index in [0.29, 0.717) is 0 Å². The summed E-state index contributed by atoms with van der Waals surface area (Å²) in [5.41, 5.74) is 8.85. The van der Waals surface area contributed by atoms with Gasteiger partial charge in [0.05, 0.1) is 0 Å². The molecule has 0 saturated heterocycles. The maximum absolute atomic E-state index is 7.43. The lowest BCUT2D eigenvalue weighted by atomic mass is 9.98. The highest BCUT2D eigenvalue weighted by Gasteiger charge is 2.10. The average molecular weight is 275 g/mol. The van der Waals surface area contributed by atoms with Crippen molar-refractivity contribution >= 4 is 11.4 Å². The first-order valence-electron chi connectivity index (χ1n) is 7.49. The molecule has 1 aromatic carbocycles. The summed E-state index contributed by atoms with van der Waals surface area (Å²) in [6, 6.07) is 7.93. The van der Waals surface area contributed by atoms with Gasteiger partial charge in [-0.2, -0.15) is 0 Å². The second-order valence-corrected chi connectivity index (χ2v) is 4.24. The van der Waals surface area contributed by atoms with Crippen molar-refractivity contribution in [3.05, 3.63) is 41.5 Å². The molecule has 1 aliphatic heterocycles. The van der Waals surface area contributed by atoms with Crippen molar-refractivity contribution in [1.82, 2.24) is 4.90 Å². The van der Waals surface area contributed by atoms with E-state index in [-0.39, 0.29) is 5.84 Å². The van der Waals surface area contributed by atoms with Crippen molar-refractivity contribution in [3.8, 4) is 0 Å². The van der Waals surface area contributed by atoms with E-state index in [1.54, 1.807) is 0 Å². The van der Waals surface area contributed by atoms with Gasteiger partial charge in [-0.15, -0.1) is 0 Å². The van der Waals surface area contributed by atoms with Crippen LogP contribution in [0.4, 0.5) is 0 Å². The normalized spacial score (nSPS) is 14.2. The molecule has 3 nitrogen and oxygen atoms in total. The number of hydrogen-bond acceptors (Lipinski definition) is 2. The minimum absolute atomic E-state index is 0.135. The standard InChI is InChI=1S/C13H17N3.2C2H6/c1-16-7-5-10(6-8-16)11-3-2-4-12(9-11)13(14)15;2*1-2/h2-5,9H,6-8H2,1H3,(H3,14,15);2*1-2H3. The van der Waals surface area contributed by atoms with E-state index in [0.717, 1.165) is 25.1 Å². The Kier molecular flexibility index (Phi) is 9.39. The minimum atomic E-state index is 0.135. The summed E-state index contributed by atoms with van der Waals surface area (Å²) < 4.78 is 0. The fourth-order valence-electron chi connectivity index (χ4n) is 1.92. The number of nitrogen functional groups attached to an aromatic ring is 1. The van der Waals surface area contributed by atoms with E-state index >= 15 is 0 Å². The molecular formula is C17H29N3. The van der Waals surface area contributed by atoms with Crippen molar-refractivity contribution in [2.75, 3.05) is 20.1 Å². The van der Waals surface area contributed by atoms with E-state index in [1.165, 1.54) is 11.1 Å². The van der Waals surface area contributed by atoms with Crippen LogP contribution in [-0.4, -0.2) is 30.9 Å². The molecule has 0 amide bonds. The quantitative estimate of drug-likeness (QED) is 0.638. The molecule has 0 aliphatic carbocycles. The van der Waals surface area contributed by atoms with Crippen LogP contribution in [0.2, 0.25) is 0 Å². The van der Waals surface area contributed by atoms with Crippen LogP contribution in [0.1, 0.15) is 45.2 Å². The van der Waals surface area contributed by atoms with Gasteiger partial charge < -0.3 is 10.6 Å². The van der Waals surface area contributed by atoms with Gasteiger partial charge in [-0.1, -0.05) is 52.0 Å². The molecule has 0 radical (unpaired) electrons. The topological polar surface area (TPSA) is 53.1 Å². The SMILES string of the molecule is CC.CC.CN1CC=C(c2cccc(C(=N)N)c2)CC1. The van der Waals surface area contributed by atoms with Gasteiger partial charge in [-0.25, -0.2) is 0 Å². The monoisotopic (exact) mass is 275 g/mol. The Morgan fingerprint density at radius 2 is 1.85 bits per heavy atom. The molecule has 1 aliphatic rings. The smallest absolute Gasteiger partial charge is 0.122 e. The zero-order valence-electron chi connectivity index (χ0n) is 13.5. The van der Waals surface area contributed by atoms with Gasteiger partial charge in [-0.3, -0.25) is 5.41 Å². The predicted molar refractivity (Wildman–Crippen MR) is 90.2 cm³/mol. The molecule has 112 valence electrons. The van der Waals surface area contributed by atoms with Crippen LogP contribution in [0.3, 0.4) is 0 Å². The van der Waals surface area contributed by atoms with Gasteiger partial charge in [0.25, 0.3) is 0 Å². The lowest BCUT2D eigenvalue weighted by Gasteiger charge is -2.22. The molecule has 0 saturated carbocycles. The Bertz CT molecular complexity index is 436. The molecule has 1 heterocycles. The highest BCUT2D eigenvalue weighted by Crippen LogP contribution is 2.22. The van der Waals surface area contributed by atoms with Crippen molar-refractivity contribution in [2.24, 2.45) is 5.73 Å². The van der Waals surface area contributed by atoms with Gasteiger partial charge >= 0.3 is 0 Å². The molecule has 20 heavy (non-hydrogen) atoms. The van der Waals surface area contributed by atoms with E-state index in [2.05, 4.69) is 24.1 Å². The number of nitrogens with one attached hydrogen (secondary N) is 1. The molecule has 0 fully saturated rings. The number of likely N-dealkylation sites (N-methyl/N-ethyl adjacent to an activating group) is 1. The third-order valence-electron chi connectivity index (χ3n) is 2.96. The number of amidine groups is 1. The third kappa shape index (κ3) is 5.57. The summed E-state index contributed by atoms with van der Waals surface area (Å²) in [7, 11) is 2.12. The van der Waals surface area contributed by atoms with Crippen LogP contribution in [0.15, 0.2) is 30.3 Å². The van der Waals surface area contributed by atoms with Crippen LogP contribution in [-0.2, 0) is 0 Å². The van der Waals surface area contributed by atoms with Crippen molar-refractivity contribution in [2.45, 2.75) is 34.1 Å². The van der Waals surface area contributed by atoms with E-state index in [1.807, 2.05) is 45.9 Å². The fourth-order valence-corrected chi connectivity index (χ4v) is 1.92. The first kappa shape index (κ1) is 18.4. The Labute approximate surface area is 124 Å². The Morgan fingerprint density at radius 3 is 2.35 bits per heavy atom. The molecular weight excluding hydrogens is 246 g/mol. The Hall–Kier alpha value is -1.61. The largest absolute Gasteiger partial charge is 0.384 e. The lowest BCUT2D eigenvalue weighted by Crippen LogP contribution is -2.23. The molecule has 1 aromatic rings. The summed E-state index contributed by atoms with van der Waals surface area (Å²) in [5, 5.41) is 7.43. The maximum Gasteiger partial charge on any atom is 0.122 e. The van der Waals surface area contributed by atoms with Crippen LogP contribution < -0.4 is 5.73 Å². The summed E-state index contributed by atoms with van der Waals surface area (Å²) in [5.74, 6) is 0.135. The molecule has 2 rings (SSSR count). The number of hydrogen-bond donors (Lipinski definition) is 2. The zero-order valence-corrected chi connectivity index (χ0v) is 13.5. The second kappa shape index (κ2) is 10.2. The van der Waals surface area contributed by atoms with Gasteiger partial charge in [0.1, 0.15) is 5.84 Å². The summed E-state index contributed by atoms with van der Waals surface area (Å²) >= 11 is 0. The summed E-state index contributed by atoms with van der Waals surface area (Å²) in [4.78, 5) is 2.29. The molecule has 3 N–H and O–H groups in total. The highest BCUT2D eigenvalue weighted by molar-refractivity contribution is 5.95. The molecule has 0 unspecified atom stereocenters. The minimum Gasteiger partial charge on any atom is -0.384 e. The van der Waals surface area contributed by atoms with Crippen molar-refractivity contribution < 1.29 is 0 Å². The third-order valence-corrected chi connectivity index (χ3v) is 2.96. The van der Waals surface area contributed by atoms with Crippen LogP contribution in [0.25, 0.3) is 5.57 Å². The van der Waals surface area contributed by atoms with Crippen LogP contribution in [0.5, 0.6) is 0 Å². The molecule has 0 spiro atoms. The van der Waals surface area contributed by atoms with Crippen LogP contribution >= 0.6 is 0 Å². The number of rotatable bonds is 2. The van der Waals surface area contributed by atoms with Gasteiger partial charge in [0.15, 0.2) is 0 Å². The van der Waals surface area contributed by atoms with Crippen molar-refractivity contribution in [1.29, 1.82) is 5.41 Å². The molecule has 0 bridgehead atoms. The van der Waals surface area contributed by atoms with E-state index in [9.17, 15) is 0 Å². The maximum atomic E-state index is 7.43. The second-order valence-electron chi connectivity index (χ2n) is 4.24. The number of nitrogens with two attached hydrogens (primary N) is 1. The Morgan fingerprint density at radius 1 is 1.20 bits per heavy atom. The van der Waals surface area contributed by atoms with Crippen molar-refractivity contribution in [3.63, 3.8) is 0 Å². The number of nitrogens with zero attached hydrogens (tertiary/aromatic N) is 1. The van der Waals surface area contributed by atoms with Gasteiger partial charge in [0, 0.05) is 18.7 Å². The first-order chi connectivity index (χ1) is 9.66. The molecule has 0 aromatic heterocycles. The first-order valence-corrected chi connectivity index (χ1v) is 7.49. The summed E-state index contributed by atoms with van der Waals surface area (Å²) in [6.45, 7) is 10.1. The van der Waals surface area contributed by atoms with E-state index in [4.69, 9.17) is 11.1 Å². The van der Waals surface area contributed by atoms with E-state index < -0.39 is 0 Å². The van der Waals surface area contributed by atoms with Gasteiger partial charge in [0.2, 0.25) is 0 Å². The summed E-state index contributed by atoms with van der Waals surface area (Å²) in [6.07, 6.45) is 3.32. The highest BCUT2D eigenvalue weighted by atomic mass is 15.1. The predicted octanol–water partition coefficient (Wildman–Crippen LogP) is 3.74. The number of benzene rings is 1. The fraction of sp³-hybridized carbons (Fsp3) is 0.471. The lowest BCUT2D eigenvalue weighted by molar-refractivity contribution is 0.370. The zero-order chi connectivity index (χ0) is 15.5.